The van der Waals surface area contributed by atoms with Gasteiger partial charge >= 0.3 is 0 Å². The quantitative estimate of drug-likeness (QED) is 0.334. The minimum atomic E-state index is -3.77. The molecule has 0 aliphatic rings. The van der Waals surface area contributed by atoms with Crippen LogP contribution in [0.25, 0.3) is 11.0 Å². The van der Waals surface area contributed by atoms with Gasteiger partial charge in [0, 0.05) is 29.2 Å². The van der Waals surface area contributed by atoms with Gasteiger partial charge in [0.05, 0.1) is 15.9 Å². The van der Waals surface area contributed by atoms with Gasteiger partial charge in [0.2, 0.25) is 0 Å². The van der Waals surface area contributed by atoms with Gasteiger partial charge in [0.25, 0.3) is 15.9 Å². The summed E-state index contributed by atoms with van der Waals surface area (Å²) in [6.45, 7) is 0.480. The molecule has 32 heavy (non-hydrogen) atoms. The Bertz CT molecular complexity index is 1300. The zero-order chi connectivity index (χ0) is 22.6. The molecule has 0 radical (unpaired) electrons. The second-order valence-electron chi connectivity index (χ2n) is 7.20. The van der Waals surface area contributed by atoms with Crippen LogP contribution in [0, 0.1) is 0 Å². The number of imidazole rings is 1. The van der Waals surface area contributed by atoms with E-state index in [0.717, 1.165) is 23.3 Å². The number of para-hydroxylation sites is 2. The van der Waals surface area contributed by atoms with E-state index in [-0.39, 0.29) is 10.8 Å². The molecule has 0 spiro atoms. The summed E-state index contributed by atoms with van der Waals surface area (Å²) in [6.07, 6.45) is 1.44. The number of anilines is 1. The molecule has 0 saturated carbocycles. The monoisotopic (exact) mass is 468 g/mol. The van der Waals surface area contributed by atoms with Crippen LogP contribution >= 0.6 is 11.6 Å². The molecule has 1 amide bonds. The van der Waals surface area contributed by atoms with Crippen molar-refractivity contribution in [3.8, 4) is 0 Å². The number of aromatic amines is 1. The van der Waals surface area contributed by atoms with E-state index in [0.29, 0.717) is 29.2 Å². The van der Waals surface area contributed by atoms with Crippen molar-refractivity contribution in [3.05, 3.63) is 89.2 Å². The van der Waals surface area contributed by atoms with Gasteiger partial charge in [-0.05, 0) is 67.1 Å². The van der Waals surface area contributed by atoms with E-state index in [1.807, 2.05) is 24.3 Å². The second-order valence-corrected chi connectivity index (χ2v) is 9.32. The molecule has 0 aliphatic carbocycles. The molecule has 164 valence electrons. The van der Waals surface area contributed by atoms with E-state index in [2.05, 4.69) is 20.0 Å². The SMILES string of the molecule is O=C(NCCCc1nc2ccccc2[nH]1)c1ccc(S(=O)(=O)Nc2ccc(Cl)cc2)cc1. The third-order valence-electron chi connectivity index (χ3n) is 4.84. The Morgan fingerprint density at radius 3 is 2.41 bits per heavy atom. The molecule has 3 N–H and O–H groups in total. The number of aryl methyl sites for hydroxylation is 1. The molecular weight excluding hydrogens is 448 g/mol. The number of rotatable bonds is 8. The fourth-order valence-electron chi connectivity index (χ4n) is 3.20. The molecule has 1 aromatic heterocycles. The number of carbonyl (C=O) groups excluding carboxylic acids is 1. The van der Waals surface area contributed by atoms with Crippen molar-refractivity contribution in [3.63, 3.8) is 0 Å². The Hall–Kier alpha value is -3.36. The molecule has 0 aliphatic heterocycles. The highest BCUT2D eigenvalue weighted by Crippen LogP contribution is 2.19. The van der Waals surface area contributed by atoms with Crippen LogP contribution in [0.1, 0.15) is 22.6 Å². The summed E-state index contributed by atoms with van der Waals surface area (Å²) in [7, 11) is -3.77. The summed E-state index contributed by atoms with van der Waals surface area (Å²) in [5.74, 6) is 0.618. The zero-order valence-electron chi connectivity index (χ0n) is 17.0. The van der Waals surface area contributed by atoms with E-state index < -0.39 is 10.0 Å². The number of fused-ring (bicyclic) bond motifs is 1. The first-order chi connectivity index (χ1) is 15.4. The third kappa shape index (κ3) is 5.27. The number of carbonyl (C=O) groups is 1. The number of benzene rings is 3. The number of hydrogen-bond acceptors (Lipinski definition) is 4. The van der Waals surface area contributed by atoms with Gasteiger partial charge in [-0.3, -0.25) is 9.52 Å². The summed E-state index contributed by atoms with van der Waals surface area (Å²) in [6, 6.07) is 20.0. The van der Waals surface area contributed by atoms with E-state index in [1.54, 1.807) is 24.3 Å². The Morgan fingerprint density at radius 2 is 1.69 bits per heavy atom. The van der Waals surface area contributed by atoms with Crippen molar-refractivity contribution in [2.24, 2.45) is 0 Å². The Balaban J connectivity index is 1.30. The third-order valence-corrected chi connectivity index (χ3v) is 6.49. The average Bonchev–Trinajstić information content (AvgIpc) is 3.21. The van der Waals surface area contributed by atoms with Gasteiger partial charge < -0.3 is 10.3 Å². The van der Waals surface area contributed by atoms with Crippen LogP contribution in [0.4, 0.5) is 5.69 Å². The van der Waals surface area contributed by atoms with Crippen molar-refractivity contribution in [2.45, 2.75) is 17.7 Å². The standard InChI is InChI=1S/C23H21ClN4O3S/c24-17-9-11-18(12-10-17)28-32(30,31)19-13-7-16(8-14-19)23(29)25-15-3-6-22-26-20-4-1-2-5-21(20)27-22/h1-2,4-5,7-14,28H,3,6,15H2,(H,25,29)(H,26,27). The first-order valence-electron chi connectivity index (χ1n) is 10.0. The first kappa shape index (κ1) is 21.9. The van der Waals surface area contributed by atoms with Crippen LogP contribution in [0.2, 0.25) is 5.02 Å². The van der Waals surface area contributed by atoms with Gasteiger partial charge in [0.1, 0.15) is 5.82 Å². The Morgan fingerprint density at radius 1 is 0.969 bits per heavy atom. The lowest BCUT2D eigenvalue weighted by Crippen LogP contribution is -2.25. The van der Waals surface area contributed by atoms with Crippen LogP contribution in [0.3, 0.4) is 0 Å². The number of sulfonamides is 1. The number of nitrogens with zero attached hydrogens (tertiary/aromatic N) is 1. The molecule has 0 atom stereocenters. The molecule has 0 fully saturated rings. The fourth-order valence-corrected chi connectivity index (χ4v) is 4.39. The van der Waals surface area contributed by atoms with Crippen LogP contribution in [0.5, 0.6) is 0 Å². The number of H-pyrrole nitrogens is 1. The molecule has 0 saturated heterocycles. The Kier molecular flexibility index (Phi) is 6.43. The van der Waals surface area contributed by atoms with Crippen molar-refractivity contribution in [2.75, 3.05) is 11.3 Å². The van der Waals surface area contributed by atoms with Crippen LogP contribution in [0.15, 0.2) is 77.7 Å². The predicted molar refractivity (Wildman–Crippen MR) is 125 cm³/mol. The maximum absolute atomic E-state index is 12.5. The molecule has 1 heterocycles. The molecule has 4 aromatic rings. The molecule has 0 unspecified atom stereocenters. The van der Waals surface area contributed by atoms with Crippen LogP contribution in [-0.4, -0.2) is 30.8 Å². The van der Waals surface area contributed by atoms with Gasteiger partial charge in [-0.1, -0.05) is 23.7 Å². The summed E-state index contributed by atoms with van der Waals surface area (Å²) < 4.78 is 27.5. The topological polar surface area (TPSA) is 104 Å². The average molecular weight is 469 g/mol. The summed E-state index contributed by atoms with van der Waals surface area (Å²) in [5.41, 5.74) is 2.71. The lowest BCUT2D eigenvalue weighted by atomic mass is 10.2. The normalized spacial score (nSPS) is 11.4. The number of hydrogen-bond donors (Lipinski definition) is 3. The predicted octanol–water partition coefficient (Wildman–Crippen LogP) is 4.38. The molecule has 0 bridgehead atoms. The number of amides is 1. The summed E-state index contributed by atoms with van der Waals surface area (Å²) in [5, 5.41) is 3.36. The molecule has 9 heteroatoms. The Labute approximate surface area is 190 Å². The molecule has 7 nitrogen and oxygen atoms in total. The zero-order valence-corrected chi connectivity index (χ0v) is 18.6. The maximum Gasteiger partial charge on any atom is 0.261 e. The largest absolute Gasteiger partial charge is 0.352 e. The number of halogens is 1. The van der Waals surface area contributed by atoms with Crippen molar-refractivity contribution >= 4 is 44.3 Å². The van der Waals surface area contributed by atoms with Gasteiger partial charge in [-0.25, -0.2) is 13.4 Å². The van der Waals surface area contributed by atoms with E-state index in [9.17, 15) is 13.2 Å². The molecular formula is C23H21ClN4O3S. The van der Waals surface area contributed by atoms with Crippen LogP contribution < -0.4 is 10.0 Å². The lowest BCUT2D eigenvalue weighted by molar-refractivity contribution is 0.0953. The smallest absolute Gasteiger partial charge is 0.261 e. The molecule has 4 rings (SSSR count). The summed E-state index contributed by atoms with van der Waals surface area (Å²) >= 11 is 5.82. The highest BCUT2D eigenvalue weighted by Gasteiger charge is 2.15. The van der Waals surface area contributed by atoms with Crippen molar-refractivity contribution in [1.29, 1.82) is 0 Å². The lowest BCUT2D eigenvalue weighted by Gasteiger charge is -2.09. The van der Waals surface area contributed by atoms with Crippen molar-refractivity contribution in [1.82, 2.24) is 15.3 Å². The van der Waals surface area contributed by atoms with Gasteiger partial charge in [-0.15, -0.1) is 0 Å². The fraction of sp³-hybridized carbons (Fsp3) is 0.130. The van der Waals surface area contributed by atoms with Crippen LogP contribution in [-0.2, 0) is 16.4 Å². The maximum atomic E-state index is 12.5. The number of aromatic nitrogens is 2. The second kappa shape index (κ2) is 9.42. The van der Waals surface area contributed by atoms with E-state index in [1.165, 1.54) is 24.3 Å². The summed E-state index contributed by atoms with van der Waals surface area (Å²) in [4.78, 5) is 20.2. The minimum absolute atomic E-state index is 0.0638. The van der Waals surface area contributed by atoms with E-state index >= 15 is 0 Å². The minimum Gasteiger partial charge on any atom is -0.352 e. The number of nitrogens with one attached hydrogen (secondary N) is 3. The highest BCUT2D eigenvalue weighted by atomic mass is 35.5. The van der Waals surface area contributed by atoms with E-state index in [4.69, 9.17) is 11.6 Å². The first-order valence-corrected chi connectivity index (χ1v) is 11.9. The van der Waals surface area contributed by atoms with Crippen molar-refractivity contribution < 1.29 is 13.2 Å². The van der Waals surface area contributed by atoms with Gasteiger partial charge in [0.15, 0.2) is 0 Å². The highest BCUT2D eigenvalue weighted by molar-refractivity contribution is 7.92. The van der Waals surface area contributed by atoms with Gasteiger partial charge in [-0.2, -0.15) is 0 Å². The molecule has 3 aromatic carbocycles.